The molecule has 12 heteroatoms. The average Bonchev–Trinajstić information content (AvgIpc) is 2.89. The fourth-order valence-corrected chi connectivity index (χ4v) is 4.36. The zero-order valence-corrected chi connectivity index (χ0v) is 16.0. The number of carbonyl (C=O) groups is 2. The molecule has 0 bridgehead atoms. The van der Waals surface area contributed by atoms with Gasteiger partial charge < -0.3 is 9.57 Å². The van der Waals surface area contributed by atoms with Crippen molar-refractivity contribution in [3.63, 3.8) is 0 Å². The van der Waals surface area contributed by atoms with E-state index in [-0.39, 0.29) is 32.8 Å². The molecule has 2 saturated heterocycles. The van der Waals surface area contributed by atoms with Crippen LogP contribution in [0.25, 0.3) is 0 Å². The lowest BCUT2D eigenvalue weighted by molar-refractivity contribution is -1.02. The molecule has 0 aromatic carbocycles. The van der Waals surface area contributed by atoms with Crippen molar-refractivity contribution < 1.29 is 32.3 Å². The van der Waals surface area contributed by atoms with Crippen LogP contribution >= 0.6 is 0 Å². The molecule has 11 nitrogen and oxygen atoms in total. The maximum Gasteiger partial charge on any atom is 0.560 e. The molecule has 0 spiro atoms. The predicted octanol–water partition coefficient (Wildman–Crippen LogP) is -0.946. The number of hydrogen-bond acceptors (Lipinski definition) is 8. The summed E-state index contributed by atoms with van der Waals surface area (Å²) in [4.78, 5) is 29.1. The van der Waals surface area contributed by atoms with Crippen LogP contribution in [-0.2, 0) is 24.6 Å². The molecular formula is C13H26N5O6S+. The van der Waals surface area contributed by atoms with E-state index >= 15 is 0 Å². The minimum atomic E-state index is -3.58. The molecule has 144 valence electrons. The van der Waals surface area contributed by atoms with Crippen molar-refractivity contribution in [3.05, 3.63) is 0 Å². The number of nitrogens with one attached hydrogen (secondary N) is 1. The van der Waals surface area contributed by atoms with Crippen LogP contribution in [0.2, 0.25) is 0 Å². The average molecular weight is 380 g/mol. The zero-order valence-electron chi connectivity index (χ0n) is 15.2. The highest BCUT2D eigenvalue weighted by atomic mass is 32.2. The number of carbonyl (C=O) groups excluding carboxylic acids is 2. The van der Waals surface area contributed by atoms with Crippen LogP contribution in [0.4, 0.5) is 4.79 Å². The van der Waals surface area contributed by atoms with Gasteiger partial charge in [0.1, 0.15) is 0 Å². The van der Waals surface area contributed by atoms with Gasteiger partial charge in [-0.3, -0.25) is 0 Å². The quantitative estimate of drug-likeness (QED) is 0.622. The maximum atomic E-state index is 12.6. The van der Waals surface area contributed by atoms with Crippen molar-refractivity contribution >= 4 is 22.3 Å². The lowest BCUT2D eigenvalue weighted by Gasteiger charge is -2.49. The van der Waals surface area contributed by atoms with Crippen molar-refractivity contribution in [2.24, 2.45) is 0 Å². The van der Waals surface area contributed by atoms with Gasteiger partial charge in [-0.15, -0.1) is 5.01 Å². The summed E-state index contributed by atoms with van der Waals surface area (Å²) < 4.78 is 31.8. The lowest BCUT2D eigenvalue weighted by atomic mass is 10.0. The van der Waals surface area contributed by atoms with E-state index in [1.807, 2.05) is 0 Å². The molecule has 1 N–H and O–H groups in total. The third-order valence-electron chi connectivity index (χ3n) is 4.26. The third kappa shape index (κ3) is 3.50. The summed E-state index contributed by atoms with van der Waals surface area (Å²) in [5.41, 5.74) is 1.70. The van der Waals surface area contributed by atoms with Crippen LogP contribution in [0, 0.1) is 0 Å². The van der Waals surface area contributed by atoms with Crippen LogP contribution in [0.3, 0.4) is 0 Å². The summed E-state index contributed by atoms with van der Waals surface area (Å²) >= 11 is 0. The lowest BCUT2D eigenvalue weighted by Crippen LogP contribution is -2.77. The third-order valence-corrected chi connectivity index (χ3v) is 6.15. The molecule has 2 aliphatic rings. The predicted molar refractivity (Wildman–Crippen MR) is 86.3 cm³/mol. The van der Waals surface area contributed by atoms with E-state index < -0.39 is 32.5 Å². The zero-order chi connectivity index (χ0) is 19.0. The molecule has 1 atom stereocenters. The molecule has 0 aromatic rings. The van der Waals surface area contributed by atoms with Crippen molar-refractivity contribution in [3.8, 4) is 0 Å². The summed E-state index contributed by atoms with van der Waals surface area (Å²) in [6, 6.07) is 0. The Balaban J connectivity index is 2.33. The highest BCUT2D eigenvalue weighted by Crippen LogP contribution is 2.31. The standard InChI is InChI=1S/C13H26N5O6S/c1-6-23-12(20)18(9-11(19)24-14-18)17-8-7-16(10-13(17,2)3)25(21,22)15(4)5/h14H,6-10H2,1-5H3/q+1. The Morgan fingerprint density at radius 1 is 1.40 bits per heavy atom. The van der Waals surface area contributed by atoms with E-state index in [1.54, 1.807) is 25.8 Å². The van der Waals surface area contributed by atoms with Gasteiger partial charge in [-0.1, -0.05) is 0 Å². The number of quaternary nitrogens is 1. The molecule has 0 aromatic heterocycles. The minimum absolute atomic E-state index is 0.142. The summed E-state index contributed by atoms with van der Waals surface area (Å²) in [6.45, 7) is 5.67. The van der Waals surface area contributed by atoms with Gasteiger partial charge >= 0.3 is 12.1 Å². The molecule has 0 saturated carbocycles. The molecule has 2 fully saturated rings. The molecule has 1 amide bonds. The van der Waals surface area contributed by atoms with Gasteiger partial charge in [-0.2, -0.15) is 21.8 Å². The van der Waals surface area contributed by atoms with Crippen LogP contribution in [-0.4, -0.2) is 91.2 Å². The van der Waals surface area contributed by atoms with Crippen LogP contribution in [0.1, 0.15) is 20.8 Å². The fraction of sp³-hybridized carbons (Fsp3) is 0.846. The Hall–Kier alpha value is -1.31. The van der Waals surface area contributed by atoms with Crippen LogP contribution in [0.5, 0.6) is 0 Å². The Bertz CT molecular complexity index is 651. The van der Waals surface area contributed by atoms with Gasteiger partial charge in [-0.25, -0.2) is 4.79 Å². The number of amides is 1. The Labute approximate surface area is 147 Å². The van der Waals surface area contributed by atoms with E-state index in [0.717, 1.165) is 4.31 Å². The first-order valence-electron chi connectivity index (χ1n) is 7.95. The van der Waals surface area contributed by atoms with E-state index in [0.29, 0.717) is 0 Å². The van der Waals surface area contributed by atoms with Crippen molar-refractivity contribution in [1.29, 1.82) is 0 Å². The fourth-order valence-electron chi connectivity index (χ4n) is 3.10. The number of hydrogen-bond donors (Lipinski definition) is 1. The van der Waals surface area contributed by atoms with Gasteiger partial charge in [0.25, 0.3) is 10.2 Å². The highest BCUT2D eigenvalue weighted by molar-refractivity contribution is 7.86. The van der Waals surface area contributed by atoms with Gasteiger partial charge in [0.15, 0.2) is 0 Å². The van der Waals surface area contributed by atoms with Crippen LogP contribution in [0.15, 0.2) is 0 Å². The van der Waals surface area contributed by atoms with Crippen molar-refractivity contribution in [2.75, 3.05) is 46.9 Å². The van der Waals surface area contributed by atoms with Gasteiger partial charge in [0, 0.05) is 32.8 Å². The van der Waals surface area contributed by atoms with Crippen molar-refractivity contribution in [1.82, 2.24) is 19.2 Å². The van der Waals surface area contributed by atoms with E-state index in [1.165, 1.54) is 18.4 Å². The first-order chi connectivity index (χ1) is 11.5. The van der Waals surface area contributed by atoms with E-state index in [4.69, 9.17) is 9.57 Å². The molecule has 25 heavy (non-hydrogen) atoms. The number of piperazine rings is 1. The smallest absolute Gasteiger partial charge is 0.417 e. The highest BCUT2D eigenvalue weighted by Gasteiger charge is 2.60. The molecule has 0 radical (unpaired) electrons. The Morgan fingerprint density at radius 3 is 2.48 bits per heavy atom. The molecule has 1 unspecified atom stereocenters. The Kier molecular flexibility index (Phi) is 5.42. The number of ether oxygens (including phenoxy) is 1. The largest absolute Gasteiger partial charge is 0.560 e. The summed E-state index contributed by atoms with van der Waals surface area (Å²) in [5, 5.41) is 1.69. The van der Waals surface area contributed by atoms with E-state index in [2.05, 4.69) is 5.59 Å². The molecule has 2 rings (SSSR count). The second kappa shape index (κ2) is 6.78. The van der Waals surface area contributed by atoms with Gasteiger partial charge in [-0.05, 0) is 25.5 Å². The van der Waals surface area contributed by atoms with E-state index in [9.17, 15) is 18.0 Å². The first kappa shape index (κ1) is 20.0. The first-order valence-corrected chi connectivity index (χ1v) is 9.35. The molecule has 0 aliphatic carbocycles. The Morgan fingerprint density at radius 2 is 2.04 bits per heavy atom. The topological polar surface area (TPSA) is 108 Å². The number of rotatable bonds is 4. The summed E-state index contributed by atoms with van der Waals surface area (Å²) in [6.07, 6.45) is -0.676. The maximum absolute atomic E-state index is 12.6. The number of nitrogens with zero attached hydrogens (tertiary/aromatic N) is 4. The normalized spacial score (nSPS) is 28.2. The monoisotopic (exact) mass is 380 g/mol. The van der Waals surface area contributed by atoms with Crippen molar-refractivity contribution in [2.45, 2.75) is 26.3 Å². The van der Waals surface area contributed by atoms with Crippen LogP contribution < -0.4 is 5.59 Å². The molecular weight excluding hydrogens is 354 g/mol. The summed E-state index contributed by atoms with van der Waals surface area (Å²) in [7, 11) is -0.644. The second-order valence-electron chi connectivity index (χ2n) is 6.75. The van der Waals surface area contributed by atoms with Gasteiger partial charge in [0.05, 0.1) is 18.7 Å². The molecule has 2 heterocycles. The minimum Gasteiger partial charge on any atom is -0.417 e. The van der Waals surface area contributed by atoms with Gasteiger partial charge in [0.2, 0.25) is 6.54 Å². The second-order valence-corrected chi connectivity index (χ2v) is 8.89. The molecule has 2 aliphatic heterocycles. The summed E-state index contributed by atoms with van der Waals surface area (Å²) in [5.74, 6) is -0.591. The SMILES string of the molecule is CCOC(=O)[N+]1(N2CCN(S(=O)(=O)N(C)C)CC2(C)C)CC(=O)ON1.